The Morgan fingerprint density at radius 3 is 2.33 bits per heavy atom. The van der Waals surface area contributed by atoms with Gasteiger partial charge in [0.15, 0.2) is 11.6 Å². The minimum absolute atomic E-state index is 0. The molecule has 0 heterocycles. The van der Waals surface area contributed by atoms with E-state index in [-0.39, 0.29) is 47.5 Å². The molecule has 0 fully saturated rings. The molecular weight excluding hydrogens is 219 g/mol. The van der Waals surface area contributed by atoms with E-state index < -0.39 is 4.75 Å². The van der Waals surface area contributed by atoms with Crippen LogP contribution < -0.4 is 0 Å². The summed E-state index contributed by atoms with van der Waals surface area (Å²) in [5, 5.41) is 0. The van der Waals surface area contributed by atoms with Crippen molar-refractivity contribution in [2.24, 2.45) is 0 Å². The number of hydrogen-bond acceptors (Lipinski definition) is 3. The summed E-state index contributed by atoms with van der Waals surface area (Å²) in [6.45, 7) is 1.69. The van der Waals surface area contributed by atoms with Crippen molar-refractivity contribution in [2.45, 2.75) is 18.1 Å². The second kappa shape index (κ2) is 4.42. The second-order valence-corrected chi connectivity index (χ2v) is 4.74. The number of hydrogen-bond donors (Lipinski definition) is 1. The van der Waals surface area contributed by atoms with Crippen LogP contribution in [0.4, 0.5) is 0 Å². The summed E-state index contributed by atoms with van der Waals surface area (Å²) in [7, 11) is 0. The minimum atomic E-state index is -0.842. The molecule has 1 aliphatic carbocycles. The van der Waals surface area contributed by atoms with Crippen molar-refractivity contribution in [2.75, 3.05) is 0 Å². The van der Waals surface area contributed by atoms with Crippen molar-refractivity contribution < 1.29 is 9.59 Å². The van der Waals surface area contributed by atoms with Crippen molar-refractivity contribution in [3.05, 3.63) is 35.4 Å². The van der Waals surface area contributed by atoms with Gasteiger partial charge in [0.1, 0.15) is 0 Å². The van der Waals surface area contributed by atoms with Crippen LogP contribution in [0.5, 0.6) is 0 Å². The van der Waals surface area contributed by atoms with Crippen LogP contribution in [-0.2, 0) is 0 Å². The van der Waals surface area contributed by atoms with Gasteiger partial charge in [-0.2, -0.15) is 12.6 Å². The fourth-order valence-electron chi connectivity index (χ4n) is 1.70. The Morgan fingerprint density at radius 1 is 1.20 bits per heavy atom. The van der Waals surface area contributed by atoms with Gasteiger partial charge >= 0.3 is 29.6 Å². The normalized spacial score (nSPS) is 24.4. The van der Waals surface area contributed by atoms with Crippen LogP contribution in [0.15, 0.2) is 24.3 Å². The summed E-state index contributed by atoms with van der Waals surface area (Å²) < 4.78 is -0.842. The fourth-order valence-corrected chi connectivity index (χ4v) is 1.97. The van der Waals surface area contributed by atoms with E-state index in [4.69, 9.17) is 0 Å². The first-order valence-corrected chi connectivity index (χ1v) is 4.86. The molecule has 1 aromatic rings. The molecule has 0 saturated heterocycles. The predicted octanol–water partition coefficient (Wildman–Crippen LogP) is 1.50. The number of benzene rings is 1. The summed E-state index contributed by atoms with van der Waals surface area (Å²) >= 11 is 4.23. The number of ketones is 2. The van der Waals surface area contributed by atoms with Crippen molar-refractivity contribution in [3.63, 3.8) is 0 Å². The van der Waals surface area contributed by atoms with Crippen molar-refractivity contribution >= 4 is 53.8 Å². The van der Waals surface area contributed by atoms with Gasteiger partial charge in [0.05, 0.1) is 4.75 Å². The summed E-state index contributed by atoms with van der Waals surface area (Å²) in [6.07, 6.45) is 0.186. The maximum absolute atomic E-state index is 11.9. The Bertz CT molecular complexity index is 426. The summed E-state index contributed by atoms with van der Waals surface area (Å²) in [4.78, 5) is 23.5. The quantitative estimate of drug-likeness (QED) is 0.541. The number of rotatable bonds is 0. The van der Waals surface area contributed by atoms with Crippen LogP contribution in [0.1, 0.15) is 34.1 Å². The average Bonchev–Trinajstić information content (AvgIpc) is 2.14. The molecule has 74 valence electrons. The van der Waals surface area contributed by atoms with Gasteiger partial charge in [0, 0.05) is 17.5 Å². The molecule has 1 atom stereocenters. The average molecular weight is 230 g/mol. The molecule has 0 aromatic heterocycles. The van der Waals surface area contributed by atoms with Gasteiger partial charge < -0.3 is 0 Å². The van der Waals surface area contributed by atoms with Crippen molar-refractivity contribution in [1.82, 2.24) is 0 Å². The Morgan fingerprint density at radius 2 is 1.73 bits per heavy atom. The van der Waals surface area contributed by atoms with Gasteiger partial charge in [0.2, 0.25) is 0 Å². The van der Waals surface area contributed by atoms with E-state index >= 15 is 0 Å². The van der Waals surface area contributed by atoms with E-state index in [1.807, 2.05) is 0 Å². The molecule has 0 spiro atoms. The van der Waals surface area contributed by atoms with Crippen LogP contribution in [0.2, 0.25) is 0 Å². The summed E-state index contributed by atoms with van der Waals surface area (Å²) in [5.74, 6) is -0.0614. The molecule has 0 aliphatic heterocycles. The molecule has 15 heavy (non-hydrogen) atoms. The third-order valence-corrected chi connectivity index (χ3v) is 2.83. The van der Waals surface area contributed by atoms with Gasteiger partial charge in [-0.15, -0.1) is 0 Å². The molecule has 0 bridgehead atoms. The molecule has 2 rings (SSSR count). The number of Topliss-reactive ketones (excluding diaryl/α,β-unsaturated/α-hetero) is 2. The number of thiol groups is 1. The molecular formula is C11H11NaO2S. The summed E-state index contributed by atoms with van der Waals surface area (Å²) in [6, 6.07) is 6.91. The number of carbonyl (C=O) groups excluding carboxylic acids is 2. The van der Waals surface area contributed by atoms with Crippen LogP contribution in [0.25, 0.3) is 0 Å². The summed E-state index contributed by atoms with van der Waals surface area (Å²) in [5.41, 5.74) is 1.03. The van der Waals surface area contributed by atoms with Crippen molar-refractivity contribution in [1.29, 1.82) is 0 Å². The van der Waals surface area contributed by atoms with E-state index in [0.717, 1.165) is 0 Å². The van der Waals surface area contributed by atoms with E-state index in [1.54, 1.807) is 31.2 Å². The molecule has 1 aliphatic rings. The number of carbonyl (C=O) groups is 2. The van der Waals surface area contributed by atoms with E-state index in [9.17, 15) is 9.59 Å². The monoisotopic (exact) mass is 230 g/mol. The molecule has 1 aromatic carbocycles. The number of fused-ring (bicyclic) bond motifs is 1. The van der Waals surface area contributed by atoms with Crippen LogP contribution in [-0.4, -0.2) is 45.9 Å². The van der Waals surface area contributed by atoms with Gasteiger partial charge in [-0.05, 0) is 6.92 Å². The van der Waals surface area contributed by atoms with E-state index in [0.29, 0.717) is 11.1 Å². The molecule has 0 amide bonds. The molecule has 1 unspecified atom stereocenters. The molecule has 4 heteroatoms. The van der Waals surface area contributed by atoms with Gasteiger partial charge in [-0.1, -0.05) is 24.3 Å². The topological polar surface area (TPSA) is 34.1 Å². The zero-order valence-electron chi connectivity index (χ0n) is 7.78. The van der Waals surface area contributed by atoms with Gasteiger partial charge in [-0.25, -0.2) is 0 Å². The fraction of sp³-hybridized carbons (Fsp3) is 0.273. The zero-order chi connectivity index (χ0) is 10.3. The zero-order valence-corrected chi connectivity index (χ0v) is 8.67. The first-order chi connectivity index (χ1) is 6.52. The second-order valence-electron chi connectivity index (χ2n) is 3.75. The van der Waals surface area contributed by atoms with E-state index in [2.05, 4.69) is 12.6 Å². The third-order valence-electron chi connectivity index (χ3n) is 2.47. The van der Waals surface area contributed by atoms with Crippen LogP contribution in [0, 0.1) is 0 Å². The van der Waals surface area contributed by atoms with E-state index in [1.165, 1.54) is 0 Å². The van der Waals surface area contributed by atoms with Gasteiger partial charge in [-0.3, -0.25) is 9.59 Å². The Hall–Kier alpha value is -0.0900. The molecule has 2 nitrogen and oxygen atoms in total. The standard InChI is InChI=1S/C11H10O2S.Na.H/c1-11(14)6-9(12)7-4-2-3-5-8(7)10(11)13;;/h2-5,14H,6H2,1H3;;. The first kappa shape index (κ1) is 13.0. The predicted molar refractivity (Wildman–Crippen MR) is 64.3 cm³/mol. The molecule has 0 N–H and O–H groups in total. The Kier molecular flexibility index (Phi) is 3.82. The SMILES string of the molecule is CC1(S)CC(=O)c2ccccc2C1=O.[NaH]. The van der Waals surface area contributed by atoms with Crippen molar-refractivity contribution in [3.8, 4) is 0 Å². The molecule has 0 radical (unpaired) electrons. The van der Waals surface area contributed by atoms with Gasteiger partial charge in [0.25, 0.3) is 0 Å². The Balaban J connectivity index is 0.00000112. The third kappa shape index (κ3) is 2.21. The van der Waals surface area contributed by atoms with Crippen LogP contribution >= 0.6 is 12.6 Å². The molecule has 0 saturated carbocycles. The maximum atomic E-state index is 11.9. The first-order valence-electron chi connectivity index (χ1n) is 4.42. The Labute approximate surface area is 116 Å². The van der Waals surface area contributed by atoms with Crippen LogP contribution in [0.3, 0.4) is 0 Å².